The first-order valence-electron chi connectivity index (χ1n) is 5.41. The Morgan fingerprint density at radius 1 is 1.75 bits per heavy atom. The molecule has 0 aromatic carbocycles. The maximum Gasteiger partial charge on any atom is 0.249 e. The van der Waals surface area contributed by atoms with Crippen LogP contribution in [0.15, 0.2) is 6.20 Å². The zero-order valence-electron chi connectivity index (χ0n) is 9.51. The monoisotopic (exact) mass is 224 g/mol. The van der Waals surface area contributed by atoms with Gasteiger partial charge in [-0.1, -0.05) is 12.1 Å². The highest BCUT2D eigenvalue weighted by Gasteiger charge is 2.30. The van der Waals surface area contributed by atoms with Gasteiger partial charge in [-0.25, -0.2) is 0 Å². The van der Waals surface area contributed by atoms with Crippen LogP contribution in [0.3, 0.4) is 0 Å². The molecule has 0 unspecified atom stereocenters. The molecule has 2 atom stereocenters. The van der Waals surface area contributed by atoms with E-state index in [0.717, 1.165) is 12.1 Å². The lowest BCUT2D eigenvalue weighted by atomic mass is 10.0. The first-order valence-corrected chi connectivity index (χ1v) is 5.41. The summed E-state index contributed by atoms with van der Waals surface area (Å²) in [5, 5.41) is 10.4. The number of aryl methyl sites for hydroxylation is 1. The molecular formula is C10H16N4O2. The van der Waals surface area contributed by atoms with Crippen molar-refractivity contribution >= 4 is 5.91 Å². The van der Waals surface area contributed by atoms with Crippen LogP contribution >= 0.6 is 0 Å². The van der Waals surface area contributed by atoms with E-state index in [1.807, 2.05) is 6.92 Å². The van der Waals surface area contributed by atoms with Crippen LogP contribution < -0.4 is 5.32 Å². The number of nitrogens with one attached hydrogen (secondary N) is 1. The normalized spacial score (nSPS) is 24.6. The number of nitrogens with zero attached hydrogens (tertiary/aromatic N) is 3. The van der Waals surface area contributed by atoms with E-state index in [1.54, 1.807) is 17.9 Å². The van der Waals surface area contributed by atoms with E-state index in [9.17, 15) is 4.79 Å². The van der Waals surface area contributed by atoms with Crippen LogP contribution in [0.2, 0.25) is 0 Å². The molecule has 1 amide bonds. The van der Waals surface area contributed by atoms with Crippen molar-refractivity contribution in [3.63, 3.8) is 0 Å². The quantitative estimate of drug-likeness (QED) is 0.775. The summed E-state index contributed by atoms with van der Waals surface area (Å²) in [7, 11) is 1.79. The Morgan fingerprint density at radius 3 is 3.12 bits per heavy atom. The number of hydrogen-bond donors (Lipinski definition) is 1. The molecule has 1 aromatic rings. The lowest BCUT2D eigenvalue weighted by Crippen LogP contribution is -2.37. The molecule has 1 aromatic heterocycles. The minimum absolute atomic E-state index is 0.0498. The minimum atomic E-state index is -0.304. The molecule has 6 nitrogen and oxygen atoms in total. The standard InChI is InChI=1S/C10H16N4O2/c1-7-3-4-16-9(7)10(15)11-5-8-6-12-13-14(8)2/h6-7,9H,3-5H2,1-2H3,(H,11,15)/t7-,9+/m1/s1. The fourth-order valence-corrected chi connectivity index (χ4v) is 1.78. The first-order chi connectivity index (χ1) is 7.68. The summed E-state index contributed by atoms with van der Waals surface area (Å²) in [6, 6.07) is 0. The number of carbonyl (C=O) groups excluding carboxylic acids is 1. The van der Waals surface area contributed by atoms with Crippen molar-refractivity contribution in [1.29, 1.82) is 0 Å². The number of hydrogen-bond acceptors (Lipinski definition) is 4. The molecule has 16 heavy (non-hydrogen) atoms. The summed E-state index contributed by atoms with van der Waals surface area (Å²) in [6.07, 6.45) is 2.28. The highest BCUT2D eigenvalue weighted by atomic mass is 16.5. The third-order valence-corrected chi connectivity index (χ3v) is 2.90. The van der Waals surface area contributed by atoms with E-state index in [4.69, 9.17) is 4.74 Å². The van der Waals surface area contributed by atoms with Crippen LogP contribution in [0.5, 0.6) is 0 Å². The largest absolute Gasteiger partial charge is 0.368 e. The van der Waals surface area contributed by atoms with Gasteiger partial charge in [0.25, 0.3) is 0 Å². The average molecular weight is 224 g/mol. The zero-order valence-corrected chi connectivity index (χ0v) is 9.51. The van der Waals surface area contributed by atoms with Crippen LogP contribution in [-0.2, 0) is 23.1 Å². The van der Waals surface area contributed by atoms with Crippen molar-refractivity contribution in [1.82, 2.24) is 20.3 Å². The highest BCUT2D eigenvalue weighted by molar-refractivity contribution is 5.81. The number of rotatable bonds is 3. The van der Waals surface area contributed by atoms with E-state index in [-0.39, 0.29) is 12.0 Å². The molecule has 0 bridgehead atoms. The van der Waals surface area contributed by atoms with Gasteiger partial charge in [-0.3, -0.25) is 9.48 Å². The molecule has 1 N–H and O–H groups in total. The first kappa shape index (κ1) is 11.1. The average Bonchev–Trinajstić information content (AvgIpc) is 2.84. The van der Waals surface area contributed by atoms with Gasteiger partial charge >= 0.3 is 0 Å². The van der Waals surface area contributed by atoms with E-state index >= 15 is 0 Å². The lowest BCUT2D eigenvalue weighted by molar-refractivity contribution is -0.131. The van der Waals surface area contributed by atoms with Gasteiger partial charge in [0.05, 0.1) is 18.4 Å². The van der Waals surface area contributed by atoms with Gasteiger partial charge in [0.2, 0.25) is 5.91 Å². The summed E-state index contributed by atoms with van der Waals surface area (Å²) in [6.45, 7) is 3.14. The number of ether oxygens (including phenoxy) is 1. The maximum absolute atomic E-state index is 11.8. The van der Waals surface area contributed by atoms with Crippen LogP contribution in [-0.4, -0.2) is 33.6 Å². The second-order valence-corrected chi connectivity index (χ2v) is 4.12. The Bertz CT molecular complexity index is 377. The molecule has 2 heterocycles. The molecule has 1 aliphatic heterocycles. The number of carbonyl (C=O) groups is 1. The molecule has 6 heteroatoms. The van der Waals surface area contributed by atoms with E-state index < -0.39 is 0 Å². The summed E-state index contributed by atoms with van der Waals surface area (Å²) < 4.78 is 7.02. The van der Waals surface area contributed by atoms with E-state index in [1.165, 1.54) is 0 Å². The fourth-order valence-electron chi connectivity index (χ4n) is 1.78. The summed E-state index contributed by atoms with van der Waals surface area (Å²) in [4.78, 5) is 11.8. The third kappa shape index (κ3) is 2.21. The maximum atomic E-state index is 11.8. The molecular weight excluding hydrogens is 208 g/mol. The second kappa shape index (κ2) is 4.61. The van der Waals surface area contributed by atoms with Gasteiger partial charge in [0.1, 0.15) is 6.10 Å². The van der Waals surface area contributed by atoms with E-state index in [2.05, 4.69) is 15.6 Å². The fraction of sp³-hybridized carbons (Fsp3) is 0.700. The van der Waals surface area contributed by atoms with Crippen molar-refractivity contribution < 1.29 is 9.53 Å². The van der Waals surface area contributed by atoms with E-state index in [0.29, 0.717) is 19.1 Å². The van der Waals surface area contributed by atoms with Crippen LogP contribution in [0, 0.1) is 5.92 Å². The van der Waals surface area contributed by atoms with Gasteiger partial charge in [-0.2, -0.15) is 0 Å². The Kier molecular flexibility index (Phi) is 3.19. The molecule has 0 spiro atoms. The molecule has 0 radical (unpaired) electrons. The zero-order chi connectivity index (χ0) is 11.5. The summed E-state index contributed by atoms with van der Waals surface area (Å²) >= 11 is 0. The van der Waals surface area contributed by atoms with Gasteiger partial charge in [0, 0.05) is 13.7 Å². The Hall–Kier alpha value is -1.43. The summed E-state index contributed by atoms with van der Waals surface area (Å²) in [5.41, 5.74) is 0.874. The van der Waals surface area contributed by atoms with Crippen LogP contribution in [0.4, 0.5) is 0 Å². The van der Waals surface area contributed by atoms with Crippen molar-refractivity contribution in [2.45, 2.75) is 26.0 Å². The Morgan fingerprint density at radius 2 is 2.56 bits per heavy atom. The predicted molar refractivity (Wildman–Crippen MR) is 56.4 cm³/mol. The second-order valence-electron chi connectivity index (χ2n) is 4.12. The third-order valence-electron chi connectivity index (χ3n) is 2.90. The van der Waals surface area contributed by atoms with Crippen molar-refractivity contribution in [3.05, 3.63) is 11.9 Å². The number of aromatic nitrogens is 3. The minimum Gasteiger partial charge on any atom is -0.368 e. The molecule has 1 saturated heterocycles. The van der Waals surface area contributed by atoms with Gasteiger partial charge in [-0.05, 0) is 12.3 Å². The van der Waals surface area contributed by atoms with Gasteiger partial charge in [-0.15, -0.1) is 5.10 Å². The predicted octanol–water partition coefficient (Wildman–Crippen LogP) is -0.144. The van der Waals surface area contributed by atoms with Crippen LogP contribution in [0.1, 0.15) is 19.0 Å². The SMILES string of the molecule is C[C@@H]1CCO[C@@H]1C(=O)NCc1cnnn1C. The number of amides is 1. The van der Waals surface area contributed by atoms with Gasteiger partial charge in [0.15, 0.2) is 0 Å². The molecule has 1 fully saturated rings. The molecule has 0 saturated carbocycles. The van der Waals surface area contributed by atoms with Gasteiger partial charge < -0.3 is 10.1 Å². The molecule has 1 aliphatic rings. The highest BCUT2D eigenvalue weighted by Crippen LogP contribution is 2.19. The molecule has 0 aliphatic carbocycles. The van der Waals surface area contributed by atoms with Crippen molar-refractivity contribution in [2.75, 3.05) is 6.61 Å². The van der Waals surface area contributed by atoms with Crippen molar-refractivity contribution in [2.24, 2.45) is 13.0 Å². The molecule has 88 valence electrons. The Balaban J connectivity index is 1.86. The van der Waals surface area contributed by atoms with Crippen LogP contribution in [0.25, 0.3) is 0 Å². The topological polar surface area (TPSA) is 69.0 Å². The summed E-state index contributed by atoms with van der Waals surface area (Å²) in [5.74, 6) is 0.246. The van der Waals surface area contributed by atoms with Crippen molar-refractivity contribution in [3.8, 4) is 0 Å². The smallest absolute Gasteiger partial charge is 0.249 e. The molecule has 2 rings (SSSR count). The Labute approximate surface area is 94.0 Å². The lowest BCUT2D eigenvalue weighted by Gasteiger charge is -2.14.